The maximum Gasteiger partial charge on any atom is 0.225 e. The summed E-state index contributed by atoms with van der Waals surface area (Å²) in [6.07, 6.45) is 0. The van der Waals surface area contributed by atoms with Crippen molar-refractivity contribution in [3.05, 3.63) is 23.8 Å². The molecule has 0 aromatic heterocycles. The van der Waals surface area contributed by atoms with Crippen molar-refractivity contribution in [1.29, 1.82) is 0 Å². The summed E-state index contributed by atoms with van der Waals surface area (Å²) in [6, 6.07) is 5.74. The SMILES string of the molecule is CCNC(=NCc1ccc(OC)c(OC)c1)NCCNC(=O)C(C)(C)C. The number of hydrogen-bond donors (Lipinski definition) is 3. The summed E-state index contributed by atoms with van der Waals surface area (Å²) in [5.74, 6) is 2.11. The van der Waals surface area contributed by atoms with E-state index in [2.05, 4.69) is 20.9 Å². The molecule has 0 aliphatic heterocycles. The molecular formula is C19H32N4O3. The van der Waals surface area contributed by atoms with Gasteiger partial charge in [-0.05, 0) is 24.6 Å². The van der Waals surface area contributed by atoms with Crippen LogP contribution in [0, 0.1) is 5.41 Å². The van der Waals surface area contributed by atoms with Crippen LogP contribution in [-0.2, 0) is 11.3 Å². The van der Waals surface area contributed by atoms with E-state index in [1.54, 1.807) is 14.2 Å². The Labute approximate surface area is 156 Å². The van der Waals surface area contributed by atoms with Crippen LogP contribution in [-0.4, -0.2) is 45.7 Å². The van der Waals surface area contributed by atoms with Gasteiger partial charge >= 0.3 is 0 Å². The lowest BCUT2D eigenvalue weighted by Crippen LogP contribution is -2.43. The summed E-state index contributed by atoms with van der Waals surface area (Å²) in [5, 5.41) is 9.32. The van der Waals surface area contributed by atoms with E-state index in [1.807, 2.05) is 45.9 Å². The molecule has 0 aliphatic rings. The number of benzene rings is 1. The minimum absolute atomic E-state index is 0.0339. The molecule has 0 unspecified atom stereocenters. The summed E-state index contributed by atoms with van der Waals surface area (Å²) >= 11 is 0. The molecule has 0 heterocycles. The van der Waals surface area contributed by atoms with E-state index in [1.165, 1.54) is 0 Å². The second kappa shape index (κ2) is 10.5. The van der Waals surface area contributed by atoms with E-state index in [0.29, 0.717) is 37.1 Å². The molecular weight excluding hydrogens is 332 g/mol. The second-order valence-electron chi connectivity index (χ2n) is 6.82. The number of ether oxygens (including phenoxy) is 2. The normalized spacial score (nSPS) is 11.7. The molecule has 7 nitrogen and oxygen atoms in total. The predicted octanol–water partition coefficient (Wildman–Crippen LogP) is 1.92. The van der Waals surface area contributed by atoms with E-state index in [9.17, 15) is 4.79 Å². The first-order valence-electron chi connectivity index (χ1n) is 8.83. The van der Waals surface area contributed by atoms with Crippen LogP contribution in [0.1, 0.15) is 33.3 Å². The van der Waals surface area contributed by atoms with Crippen LogP contribution in [0.25, 0.3) is 0 Å². The fourth-order valence-electron chi connectivity index (χ4n) is 2.11. The van der Waals surface area contributed by atoms with Crippen LogP contribution in [0.5, 0.6) is 11.5 Å². The Bertz CT molecular complexity index is 609. The Morgan fingerprint density at radius 3 is 2.27 bits per heavy atom. The summed E-state index contributed by atoms with van der Waals surface area (Å²) in [5.41, 5.74) is 0.632. The lowest BCUT2D eigenvalue weighted by Gasteiger charge is -2.18. The molecule has 3 N–H and O–H groups in total. The van der Waals surface area contributed by atoms with Gasteiger partial charge in [0.1, 0.15) is 0 Å². The average Bonchev–Trinajstić information content (AvgIpc) is 2.61. The van der Waals surface area contributed by atoms with Gasteiger partial charge in [-0.15, -0.1) is 0 Å². The maximum atomic E-state index is 11.9. The Kier molecular flexibility index (Phi) is 8.75. The fraction of sp³-hybridized carbons (Fsp3) is 0.579. The van der Waals surface area contributed by atoms with Gasteiger partial charge in [0.2, 0.25) is 5.91 Å². The standard InChI is InChI=1S/C19H32N4O3/c1-7-20-18(22-11-10-21-17(24)19(2,3)4)23-13-14-8-9-15(25-5)16(12-14)26-6/h8-9,12H,7,10-11,13H2,1-6H3,(H,21,24)(H2,20,22,23). The molecule has 0 aliphatic carbocycles. The molecule has 26 heavy (non-hydrogen) atoms. The number of rotatable bonds is 8. The van der Waals surface area contributed by atoms with E-state index >= 15 is 0 Å². The first-order valence-corrected chi connectivity index (χ1v) is 8.83. The molecule has 1 amide bonds. The number of hydrogen-bond acceptors (Lipinski definition) is 4. The zero-order chi connectivity index (χ0) is 19.6. The molecule has 0 atom stereocenters. The van der Waals surface area contributed by atoms with Gasteiger partial charge in [-0.2, -0.15) is 0 Å². The first-order chi connectivity index (χ1) is 12.3. The van der Waals surface area contributed by atoms with Crippen LogP contribution in [0.15, 0.2) is 23.2 Å². The topological polar surface area (TPSA) is 84.0 Å². The number of carbonyl (C=O) groups excluding carboxylic acids is 1. The van der Waals surface area contributed by atoms with E-state index in [4.69, 9.17) is 9.47 Å². The monoisotopic (exact) mass is 364 g/mol. The zero-order valence-corrected chi connectivity index (χ0v) is 16.7. The molecule has 0 fully saturated rings. The second-order valence-corrected chi connectivity index (χ2v) is 6.82. The van der Waals surface area contributed by atoms with Crippen molar-refractivity contribution < 1.29 is 14.3 Å². The molecule has 146 valence electrons. The fourth-order valence-corrected chi connectivity index (χ4v) is 2.11. The zero-order valence-electron chi connectivity index (χ0n) is 16.7. The van der Waals surface area contributed by atoms with Gasteiger partial charge in [0.25, 0.3) is 0 Å². The average molecular weight is 364 g/mol. The third kappa shape index (κ3) is 7.21. The predicted molar refractivity (Wildman–Crippen MR) is 105 cm³/mol. The number of nitrogens with one attached hydrogen (secondary N) is 3. The van der Waals surface area contributed by atoms with Crippen molar-refractivity contribution in [1.82, 2.24) is 16.0 Å². The smallest absolute Gasteiger partial charge is 0.225 e. The Morgan fingerprint density at radius 1 is 1.04 bits per heavy atom. The highest BCUT2D eigenvalue weighted by atomic mass is 16.5. The summed E-state index contributed by atoms with van der Waals surface area (Å²) in [6.45, 7) is 10.1. The number of aliphatic imine (C=N–C) groups is 1. The van der Waals surface area contributed by atoms with Crippen molar-refractivity contribution in [3.63, 3.8) is 0 Å². The number of amides is 1. The van der Waals surface area contributed by atoms with Gasteiger partial charge < -0.3 is 25.4 Å². The number of methoxy groups -OCH3 is 2. The molecule has 0 saturated carbocycles. The Hall–Kier alpha value is -2.44. The van der Waals surface area contributed by atoms with Crippen molar-refractivity contribution in [3.8, 4) is 11.5 Å². The minimum Gasteiger partial charge on any atom is -0.493 e. The lowest BCUT2D eigenvalue weighted by molar-refractivity contribution is -0.128. The Balaban J connectivity index is 2.59. The lowest BCUT2D eigenvalue weighted by atomic mass is 9.96. The van der Waals surface area contributed by atoms with Crippen LogP contribution in [0.3, 0.4) is 0 Å². The summed E-state index contributed by atoms with van der Waals surface area (Å²) in [7, 11) is 3.23. The molecule has 0 radical (unpaired) electrons. The summed E-state index contributed by atoms with van der Waals surface area (Å²) < 4.78 is 10.6. The quantitative estimate of drug-likeness (QED) is 0.373. The molecule has 0 spiro atoms. The number of carbonyl (C=O) groups is 1. The van der Waals surface area contributed by atoms with Crippen LogP contribution >= 0.6 is 0 Å². The summed E-state index contributed by atoms with van der Waals surface area (Å²) in [4.78, 5) is 16.4. The highest BCUT2D eigenvalue weighted by Gasteiger charge is 2.20. The molecule has 1 rings (SSSR count). The molecule has 0 bridgehead atoms. The van der Waals surface area contributed by atoms with Crippen LogP contribution in [0.4, 0.5) is 0 Å². The Morgan fingerprint density at radius 2 is 1.69 bits per heavy atom. The van der Waals surface area contributed by atoms with E-state index in [-0.39, 0.29) is 11.3 Å². The third-order valence-corrected chi connectivity index (χ3v) is 3.60. The largest absolute Gasteiger partial charge is 0.493 e. The van der Waals surface area contributed by atoms with Crippen molar-refractivity contribution >= 4 is 11.9 Å². The van der Waals surface area contributed by atoms with Crippen molar-refractivity contribution in [2.75, 3.05) is 33.9 Å². The maximum absolute atomic E-state index is 11.9. The van der Waals surface area contributed by atoms with Crippen LogP contribution < -0.4 is 25.4 Å². The van der Waals surface area contributed by atoms with Crippen molar-refractivity contribution in [2.45, 2.75) is 34.2 Å². The molecule has 1 aromatic carbocycles. The van der Waals surface area contributed by atoms with Gasteiger partial charge in [-0.1, -0.05) is 26.8 Å². The van der Waals surface area contributed by atoms with Crippen LogP contribution in [0.2, 0.25) is 0 Å². The number of guanidine groups is 1. The van der Waals surface area contributed by atoms with E-state index < -0.39 is 0 Å². The third-order valence-electron chi connectivity index (χ3n) is 3.60. The first kappa shape index (κ1) is 21.6. The van der Waals surface area contributed by atoms with Gasteiger partial charge in [-0.25, -0.2) is 4.99 Å². The van der Waals surface area contributed by atoms with Gasteiger partial charge in [0.05, 0.1) is 20.8 Å². The highest BCUT2D eigenvalue weighted by molar-refractivity contribution is 5.81. The van der Waals surface area contributed by atoms with Gasteiger partial charge in [-0.3, -0.25) is 4.79 Å². The van der Waals surface area contributed by atoms with E-state index in [0.717, 1.165) is 12.1 Å². The number of nitrogens with zero attached hydrogens (tertiary/aromatic N) is 1. The van der Waals surface area contributed by atoms with Crippen molar-refractivity contribution in [2.24, 2.45) is 10.4 Å². The minimum atomic E-state index is -0.383. The molecule has 1 aromatic rings. The van der Waals surface area contributed by atoms with Gasteiger partial charge in [0, 0.05) is 25.0 Å². The van der Waals surface area contributed by atoms with Gasteiger partial charge in [0.15, 0.2) is 17.5 Å². The highest BCUT2D eigenvalue weighted by Crippen LogP contribution is 2.27. The molecule has 7 heteroatoms. The molecule has 0 saturated heterocycles.